The molecule has 1 fully saturated rings. The van der Waals surface area contributed by atoms with Gasteiger partial charge < -0.3 is 0 Å². The van der Waals surface area contributed by atoms with Crippen molar-refractivity contribution < 1.29 is 8.42 Å². The van der Waals surface area contributed by atoms with Gasteiger partial charge in [-0.2, -0.15) is 11.3 Å². The Bertz CT molecular complexity index is 486. The fourth-order valence-corrected chi connectivity index (χ4v) is 5.92. The van der Waals surface area contributed by atoms with Gasteiger partial charge in [0.25, 0.3) is 0 Å². The zero-order valence-corrected chi connectivity index (χ0v) is 12.4. The van der Waals surface area contributed by atoms with E-state index in [0.717, 1.165) is 22.9 Å². The van der Waals surface area contributed by atoms with Crippen LogP contribution in [-0.4, -0.2) is 19.4 Å². The summed E-state index contributed by atoms with van der Waals surface area (Å²) in [5.74, 6) is 5.83. The molecule has 2 unspecified atom stereocenters. The van der Waals surface area contributed by atoms with Crippen molar-refractivity contribution in [3.05, 3.63) is 20.8 Å². The van der Waals surface area contributed by atoms with Crippen molar-refractivity contribution in [2.75, 3.05) is 5.75 Å². The Balaban J connectivity index is 2.33. The molecular weight excluding hydrogens is 324 g/mol. The lowest BCUT2D eigenvalue weighted by Gasteiger charge is -2.29. The maximum absolute atomic E-state index is 12.1. The number of rotatable bonds is 3. The number of halogens is 1. The molecule has 3 N–H and O–H groups in total. The van der Waals surface area contributed by atoms with E-state index in [1.165, 1.54) is 11.3 Å². The van der Waals surface area contributed by atoms with E-state index >= 15 is 0 Å². The molecule has 1 aliphatic rings. The molecule has 1 saturated heterocycles. The lowest BCUT2D eigenvalue weighted by molar-refractivity contribution is 0.453. The molecule has 0 aliphatic carbocycles. The highest BCUT2D eigenvalue weighted by Crippen LogP contribution is 2.35. The quantitative estimate of drug-likeness (QED) is 0.652. The Morgan fingerprint density at radius 1 is 1.47 bits per heavy atom. The molecule has 0 amide bonds. The summed E-state index contributed by atoms with van der Waals surface area (Å²) in [5.41, 5.74) is 3.61. The topological polar surface area (TPSA) is 72.2 Å². The Morgan fingerprint density at radius 3 is 2.76 bits per heavy atom. The van der Waals surface area contributed by atoms with Crippen molar-refractivity contribution in [1.29, 1.82) is 0 Å². The Kier molecular flexibility index (Phi) is 4.25. The van der Waals surface area contributed by atoms with E-state index in [0.29, 0.717) is 6.42 Å². The second-order valence-electron chi connectivity index (χ2n) is 4.22. The van der Waals surface area contributed by atoms with Crippen LogP contribution in [0.4, 0.5) is 0 Å². The minimum Gasteiger partial charge on any atom is -0.271 e. The van der Waals surface area contributed by atoms with Gasteiger partial charge in [0.2, 0.25) is 0 Å². The summed E-state index contributed by atoms with van der Waals surface area (Å²) < 4.78 is 25.1. The first-order chi connectivity index (χ1) is 8.06. The summed E-state index contributed by atoms with van der Waals surface area (Å²) in [4.78, 5) is 0. The van der Waals surface area contributed by atoms with Crippen LogP contribution in [0.2, 0.25) is 0 Å². The molecule has 0 radical (unpaired) electrons. The fourth-order valence-electron chi connectivity index (χ4n) is 2.26. The van der Waals surface area contributed by atoms with E-state index in [4.69, 9.17) is 5.84 Å². The number of nitrogens with one attached hydrogen (secondary N) is 1. The van der Waals surface area contributed by atoms with Crippen molar-refractivity contribution in [1.82, 2.24) is 5.43 Å². The molecule has 1 aromatic rings. The molecule has 0 aromatic carbocycles. The Hall–Kier alpha value is 0.0500. The largest absolute Gasteiger partial charge is 0.271 e. The van der Waals surface area contributed by atoms with Gasteiger partial charge in [0.05, 0.1) is 17.0 Å². The van der Waals surface area contributed by atoms with Gasteiger partial charge in [0.15, 0.2) is 9.84 Å². The summed E-state index contributed by atoms with van der Waals surface area (Å²) >= 11 is 4.97. The first-order valence-electron chi connectivity index (χ1n) is 5.45. The summed E-state index contributed by atoms with van der Waals surface area (Å²) in [6, 6.07) is -0.319. The highest BCUT2D eigenvalue weighted by atomic mass is 79.9. The number of sulfone groups is 1. The maximum atomic E-state index is 12.1. The zero-order valence-electron chi connectivity index (χ0n) is 9.23. The van der Waals surface area contributed by atoms with Crippen LogP contribution in [0.5, 0.6) is 0 Å². The maximum Gasteiger partial charge on any atom is 0.155 e. The normalized spacial score (nSPS) is 25.6. The molecule has 0 bridgehead atoms. The summed E-state index contributed by atoms with van der Waals surface area (Å²) in [6.07, 6.45) is 2.39. The molecule has 1 aromatic heterocycles. The molecule has 2 atom stereocenters. The average Bonchev–Trinajstić information content (AvgIpc) is 2.68. The molecule has 4 nitrogen and oxygen atoms in total. The van der Waals surface area contributed by atoms with Crippen LogP contribution in [0, 0.1) is 0 Å². The van der Waals surface area contributed by atoms with Crippen LogP contribution in [-0.2, 0) is 9.84 Å². The van der Waals surface area contributed by atoms with Crippen LogP contribution in [0.1, 0.15) is 30.9 Å². The number of hydrazine groups is 1. The minimum absolute atomic E-state index is 0.275. The molecule has 2 heterocycles. The first kappa shape index (κ1) is 13.5. The molecule has 96 valence electrons. The van der Waals surface area contributed by atoms with E-state index in [-0.39, 0.29) is 11.8 Å². The highest BCUT2D eigenvalue weighted by Gasteiger charge is 2.36. The van der Waals surface area contributed by atoms with Crippen LogP contribution in [0.3, 0.4) is 0 Å². The van der Waals surface area contributed by atoms with Crippen LogP contribution >= 0.6 is 27.3 Å². The van der Waals surface area contributed by atoms with Crippen LogP contribution in [0.25, 0.3) is 0 Å². The highest BCUT2D eigenvalue weighted by molar-refractivity contribution is 9.10. The van der Waals surface area contributed by atoms with Crippen molar-refractivity contribution in [2.24, 2.45) is 5.84 Å². The molecule has 17 heavy (non-hydrogen) atoms. The second-order valence-corrected chi connectivity index (χ2v) is 8.16. The molecule has 1 aliphatic heterocycles. The van der Waals surface area contributed by atoms with E-state index in [1.807, 2.05) is 10.8 Å². The lowest BCUT2D eigenvalue weighted by Crippen LogP contribution is -2.43. The third-order valence-electron chi connectivity index (χ3n) is 3.16. The van der Waals surface area contributed by atoms with Gasteiger partial charge in [-0.3, -0.25) is 11.3 Å². The minimum atomic E-state index is -3.04. The van der Waals surface area contributed by atoms with Gasteiger partial charge in [-0.25, -0.2) is 8.42 Å². The van der Waals surface area contributed by atoms with Gasteiger partial charge >= 0.3 is 0 Å². The number of hydrogen-bond donors (Lipinski definition) is 2. The molecular formula is C10H15BrN2O2S2. The average molecular weight is 339 g/mol. The summed E-state index contributed by atoms with van der Waals surface area (Å²) in [5, 5.41) is 3.47. The molecule has 7 heteroatoms. The van der Waals surface area contributed by atoms with Gasteiger partial charge in [-0.15, -0.1) is 0 Å². The van der Waals surface area contributed by atoms with Crippen LogP contribution in [0.15, 0.2) is 15.2 Å². The van der Waals surface area contributed by atoms with E-state index in [2.05, 4.69) is 21.4 Å². The summed E-state index contributed by atoms with van der Waals surface area (Å²) in [6.45, 7) is 0. The number of thiophene rings is 1. The Labute approximate surface area is 114 Å². The van der Waals surface area contributed by atoms with Crippen LogP contribution < -0.4 is 11.3 Å². The van der Waals surface area contributed by atoms with Gasteiger partial charge in [0.1, 0.15) is 0 Å². The van der Waals surface area contributed by atoms with Crippen molar-refractivity contribution in [2.45, 2.75) is 30.6 Å². The smallest absolute Gasteiger partial charge is 0.155 e. The van der Waals surface area contributed by atoms with Crippen molar-refractivity contribution in [3.8, 4) is 0 Å². The SMILES string of the molecule is NNC(c1cscc1Br)C1CCCCS1(=O)=O. The monoisotopic (exact) mass is 338 g/mol. The second kappa shape index (κ2) is 5.36. The van der Waals surface area contributed by atoms with E-state index in [1.54, 1.807) is 0 Å². The molecule has 2 rings (SSSR count). The number of nitrogens with two attached hydrogens (primary N) is 1. The zero-order chi connectivity index (χ0) is 12.5. The van der Waals surface area contributed by atoms with Gasteiger partial charge in [0, 0.05) is 9.85 Å². The third kappa shape index (κ3) is 2.73. The lowest BCUT2D eigenvalue weighted by atomic mass is 10.0. The van der Waals surface area contributed by atoms with Gasteiger partial charge in [-0.05, 0) is 39.7 Å². The fraction of sp³-hybridized carbons (Fsp3) is 0.600. The van der Waals surface area contributed by atoms with E-state index < -0.39 is 15.1 Å². The third-order valence-corrected chi connectivity index (χ3v) is 7.20. The van der Waals surface area contributed by atoms with Crippen molar-refractivity contribution >= 4 is 37.1 Å². The Morgan fingerprint density at radius 2 is 2.24 bits per heavy atom. The molecule has 0 saturated carbocycles. The number of hydrogen-bond acceptors (Lipinski definition) is 5. The summed E-state index contributed by atoms with van der Waals surface area (Å²) in [7, 11) is -3.04. The van der Waals surface area contributed by atoms with Crippen molar-refractivity contribution in [3.63, 3.8) is 0 Å². The predicted molar refractivity (Wildman–Crippen MR) is 73.5 cm³/mol. The standard InChI is InChI=1S/C10H15BrN2O2S2/c11-8-6-16-5-7(8)10(13-12)9-3-1-2-4-17(9,14)15/h5-6,9-10,13H,1-4,12H2. The first-order valence-corrected chi connectivity index (χ1v) is 8.90. The van der Waals surface area contributed by atoms with Gasteiger partial charge in [-0.1, -0.05) is 6.42 Å². The molecule has 0 spiro atoms. The predicted octanol–water partition coefficient (Wildman–Crippen LogP) is 1.98. The van der Waals surface area contributed by atoms with E-state index in [9.17, 15) is 8.42 Å².